The van der Waals surface area contributed by atoms with Gasteiger partial charge in [0.05, 0.1) is 0 Å². The first-order valence-electron chi connectivity index (χ1n) is 6.45. The number of benzene rings is 2. The van der Waals surface area contributed by atoms with Gasteiger partial charge in [0.2, 0.25) is 0 Å². The molecule has 3 rings (SSSR count). The molecule has 0 saturated carbocycles. The summed E-state index contributed by atoms with van der Waals surface area (Å²) in [6, 6.07) is 15.4. The predicted molar refractivity (Wildman–Crippen MR) is 75.7 cm³/mol. The minimum atomic E-state index is 0.0782. The number of nitrogen functional groups attached to an aromatic ring is 1. The molecular formula is C16H16N2O. The van der Waals surface area contributed by atoms with Crippen molar-refractivity contribution < 1.29 is 4.79 Å². The Bertz CT molecular complexity index is 604. The maximum absolute atomic E-state index is 12.4. The Morgan fingerprint density at radius 1 is 1.00 bits per heavy atom. The Morgan fingerprint density at radius 2 is 1.68 bits per heavy atom. The highest BCUT2D eigenvalue weighted by Crippen LogP contribution is 2.20. The third-order valence-corrected chi connectivity index (χ3v) is 3.58. The van der Waals surface area contributed by atoms with E-state index in [4.69, 9.17) is 5.73 Å². The van der Waals surface area contributed by atoms with E-state index in [9.17, 15) is 4.79 Å². The average molecular weight is 252 g/mol. The topological polar surface area (TPSA) is 46.3 Å². The van der Waals surface area contributed by atoms with Crippen LogP contribution in [0, 0.1) is 0 Å². The van der Waals surface area contributed by atoms with E-state index in [-0.39, 0.29) is 5.91 Å². The lowest BCUT2D eigenvalue weighted by Gasteiger charge is -2.29. The molecule has 2 aromatic rings. The molecule has 3 nitrogen and oxygen atoms in total. The number of carbonyl (C=O) groups excluding carboxylic acids is 1. The second kappa shape index (κ2) is 4.76. The molecular weight excluding hydrogens is 236 g/mol. The van der Waals surface area contributed by atoms with Crippen LogP contribution in [0.25, 0.3) is 0 Å². The molecule has 0 radical (unpaired) electrons. The van der Waals surface area contributed by atoms with Crippen LogP contribution in [0.3, 0.4) is 0 Å². The quantitative estimate of drug-likeness (QED) is 0.792. The fourth-order valence-corrected chi connectivity index (χ4v) is 2.48. The van der Waals surface area contributed by atoms with Gasteiger partial charge in [-0.15, -0.1) is 0 Å². The smallest absolute Gasteiger partial charge is 0.254 e. The van der Waals surface area contributed by atoms with Crippen LogP contribution >= 0.6 is 0 Å². The summed E-state index contributed by atoms with van der Waals surface area (Å²) in [5.74, 6) is 0.0782. The Kier molecular flexibility index (Phi) is 2.95. The predicted octanol–water partition coefficient (Wildman–Crippen LogP) is 2.47. The molecule has 1 amide bonds. The third kappa shape index (κ3) is 2.32. The van der Waals surface area contributed by atoms with Gasteiger partial charge in [-0.3, -0.25) is 4.79 Å². The summed E-state index contributed by atoms with van der Waals surface area (Å²) in [7, 11) is 0. The fourth-order valence-electron chi connectivity index (χ4n) is 2.48. The van der Waals surface area contributed by atoms with Crippen LogP contribution in [-0.4, -0.2) is 17.4 Å². The number of amides is 1. The molecule has 0 fully saturated rings. The minimum Gasteiger partial charge on any atom is -0.399 e. The molecule has 0 saturated heterocycles. The zero-order valence-corrected chi connectivity index (χ0v) is 10.7. The van der Waals surface area contributed by atoms with Crippen LogP contribution in [0.4, 0.5) is 5.69 Å². The fraction of sp³-hybridized carbons (Fsp3) is 0.188. The zero-order chi connectivity index (χ0) is 13.2. The van der Waals surface area contributed by atoms with Gasteiger partial charge in [0.25, 0.3) is 5.91 Å². The maximum Gasteiger partial charge on any atom is 0.254 e. The number of nitrogens with zero attached hydrogens (tertiary/aromatic N) is 1. The second-order valence-corrected chi connectivity index (χ2v) is 4.87. The SMILES string of the molecule is Nc1ccc(C(=O)N2CCc3ccccc3C2)cc1. The van der Waals surface area contributed by atoms with E-state index in [2.05, 4.69) is 18.2 Å². The molecule has 19 heavy (non-hydrogen) atoms. The third-order valence-electron chi connectivity index (χ3n) is 3.58. The monoisotopic (exact) mass is 252 g/mol. The van der Waals surface area contributed by atoms with Crippen molar-refractivity contribution in [1.82, 2.24) is 4.90 Å². The number of carbonyl (C=O) groups is 1. The average Bonchev–Trinajstić information content (AvgIpc) is 2.47. The van der Waals surface area contributed by atoms with Crippen LogP contribution in [0.1, 0.15) is 21.5 Å². The Hall–Kier alpha value is -2.29. The summed E-state index contributed by atoms with van der Waals surface area (Å²) in [6.07, 6.45) is 0.927. The van der Waals surface area contributed by atoms with Gasteiger partial charge in [-0.25, -0.2) is 0 Å². The largest absolute Gasteiger partial charge is 0.399 e. The molecule has 3 heteroatoms. The van der Waals surface area contributed by atoms with Crippen molar-refractivity contribution in [1.29, 1.82) is 0 Å². The highest BCUT2D eigenvalue weighted by Gasteiger charge is 2.21. The van der Waals surface area contributed by atoms with Gasteiger partial charge in [0.1, 0.15) is 0 Å². The lowest BCUT2D eigenvalue weighted by Crippen LogP contribution is -2.35. The van der Waals surface area contributed by atoms with Crippen molar-refractivity contribution >= 4 is 11.6 Å². The summed E-state index contributed by atoms with van der Waals surface area (Å²) < 4.78 is 0. The number of hydrogen-bond acceptors (Lipinski definition) is 2. The molecule has 0 aliphatic carbocycles. The van der Waals surface area contributed by atoms with E-state index >= 15 is 0 Å². The van der Waals surface area contributed by atoms with Crippen molar-refractivity contribution in [2.75, 3.05) is 12.3 Å². The van der Waals surface area contributed by atoms with Gasteiger partial charge in [-0.05, 0) is 41.8 Å². The van der Waals surface area contributed by atoms with Crippen LogP contribution in [0.15, 0.2) is 48.5 Å². The molecule has 2 aromatic carbocycles. The Balaban J connectivity index is 1.81. The molecule has 0 atom stereocenters. The maximum atomic E-state index is 12.4. The van der Waals surface area contributed by atoms with Crippen LogP contribution in [0.5, 0.6) is 0 Å². The molecule has 0 bridgehead atoms. The molecule has 0 aromatic heterocycles. The molecule has 2 N–H and O–H groups in total. The molecule has 1 aliphatic rings. The lowest BCUT2D eigenvalue weighted by atomic mass is 9.99. The zero-order valence-electron chi connectivity index (χ0n) is 10.7. The van der Waals surface area contributed by atoms with E-state index in [1.165, 1.54) is 11.1 Å². The lowest BCUT2D eigenvalue weighted by molar-refractivity contribution is 0.0735. The van der Waals surface area contributed by atoms with Crippen LogP contribution in [0.2, 0.25) is 0 Å². The van der Waals surface area contributed by atoms with Crippen molar-refractivity contribution in [2.24, 2.45) is 0 Å². The van der Waals surface area contributed by atoms with Crippen molar-refractivity contribution in [2.45, 2.75) is 13.0 Å². The van der Waals surface area contributed by atoms with Crippen molar-refractivity contribution in [3.05, 3.63) is 65.2 Å². The summed E-state index contributed by atoms with van der Waals surface area (Å²) in [5, 5.41) is 0. The first kappa shape index (κ1) is 11.8. The van der Waals surface area contributed by atoms with Crippen molar-refractivity contribution in [3.63, 3.8) is 0 Å². The first-order valence-corrected chi connectivity index (χ1v) is 6.45. The van der Waals surface area contributed by atoms with Gasteiger partial charge in [0, 0.05) is 24.3 Å². The van der Waals surface area contributed by atoms with Crippen LogP contribution in [-0.2, 0) is 13.0 Å². The van der Waals surface area contributed by atoms with Gasteiger partial charge in [0.15, 0.2) is 0 Å². The Labute approximate surface area is 112 Å². The Morgan fingerprint density at radius 3 is 2.42 bits per heavy atom. The number of fused-ring (bicyclic) bond motifs is 1. The second-order valence-electron chi connectivity index (χ2n) is 4.87. The van der Waals surface area contributed by atoms with Crippen molar-refractivity contribution in [3.8, 4) is 0 Å². The van der Waals surface area contributed by atoms with E-state index in [1.54, 1.807) is 24.3 Å². The van der Waals surface area contributed by atoms with Gasteiger partial charge in [-0.2, -0.15) is 0 Å². The summed E-state index contributed by atoms with van der Waals surface area (Å²) >= 11 is 0. The molecule has 0 spiro atoms. The van der Waals surface area contributed by atoms with Gasteiger partial charge >= 0.3 is 0 Å². The standard InChI is InChI=1S/C16H16N2O/c17-15-7-5-13(6-8-15)16(19)18-10-9-12-3-1-2-4-14(12)11-18/h1-8H,9-11,17H2. The molecule has 96 valence electrons. The van der Waals surface area contributed by atoms with Crippen LogP contribution < -0.4 is 5.73 Å². The molecule has 1 heterocycles. The van der Waals surface area contributed by atoms with E-state index in [0.29, 0.717) is 17.8 Å². The number of hydrogen-bond donors (Lipinski definition) is 1. The normalized spacial score (nSPS) is 14.0. The summed E-state index contributed by atoms with van der Waals surface area (Å²) in [6.45, 7) is 1.47. The first-order chi connectivity index (χ1) is 9.24. The number of anilines is 1. The van der Waals surface area contributed by atoms with E-state index in [1.807, 2.05) is 11.0 Å². The van der Waals surface area contributed by atoms with Gasteiger partial charge in [-0.1, -0.05) is 24.3 Å². The number of rotatable bonds is 1. The number of nitrogens with two attached hydrogens (primary N) is 1. The van der Waals surface area contributed by atoms with Gasteiger partial charge < -0.3 is 10.6 Å². The highest BCUT2D eigenvalue weighted by molar-refractivity contribution is 5.94. The molecule has 1 aliphatic heterocycles. The minimum absolute atomic E-state index is 0.0782. The summed E-state index contributed by atoms with van der Waals surface area (Å²) in [4.78, 5) is 14.3. The summed E-state index contributed by atoms with van der Waals surface area (Å²) in [5.41, 5.74) is 9.63. The molecule has 0 unspecified atom stereocenters. The van der Waals surface area contributed by atoms with E-state index < -0.39 is 0 Å². The van der Waals surface area contributed by atoms with E-state index in [0.717, 1.165) is 13.0 Å². The highest BCUT2D eigenvalue weighted by atomic mass is 16.2.